The average molecular weight is 202 g/mol. The first-order valence-electron chi connectivity index (χ1n) is 5.03. The van der Waals surface area contributed by atoms with Crippen LogP contribution in [0.15, 0.2) is 54.6 Å². The van der Waals surface area contributed by atoms with Crippen LogP contribution in [-0.2, 0) is 0 Å². The molecule has 0 aliphatic heterocycles. The second-order valence-corrected chi connectivity index (χ2v) is 3.31. The van der Waals surface area contributed by atoms with Gasteiger partial charge in [-0.1, -0.05) is 54.5 Å². The molecule has 0 nitrogen and oxygen atoms in total. The van der Waals surface area contributed by atoms with Crippen molar-refractivity contribution in [3.63, 3.8) is 0 Å². The molecule has 0 aliphatic carbocycles. The number of rotatable bonds is 1. The van der Waals surface area contributed by atoms with E-state index in [2.05, 4.69) is 36.0 Å². The van der Waals surface area contributed by atoms with Gasteiger partial charge < -0.3 is 0 Å². The lowest BCUT2D eigenvalue weighted by molar-refractivity contribution is 1.58. The molecule has 0 fully saturated rings. The summed E-state index contributed by atoms with van der Waals surface area (Å²) in [7, 11) is 0. The van der Waals surface area contributed by atoms with Gasteiger partial charge in [-0.05, 0) is 29.0 Å². The maximum atomic E-state index is 5.14. The van der Waals surface area contributed by atoms with Gasteiger partial charge >= 0.3 is 0 Å². The summed E-state index contributed by atoms with van der Waals surface area (Å²) in [4.78, 5) is 0. The van der Waals surface area contributed by atoms with Crippen molar-refractivity contribution in [2.45, 2.75) is 0 Å². The fourth-order valence-corrected chi connectivity index (χ4v) is 1.56. The van der Waals surface area contributed by atoms with Gasteiger partial charge in [0.25, 0.3) is 0 Å². The topological polar surface area (TPSA) is 0 Å². The molecule has 0 aromatic heterocycles. The molecule has 0 heteroatoms. The first-order valence-corrected chi connectivity index (χ1v) is 5.03. The van der Waals surface area contributed by atoms with Crippen LogP contribution in [0, 0.1) is 24.2 Å². The number of hydrogen-bond acceptors (Lipinski definition) is 0. The second kappa shape index (κ2) is 4.87. The Kier molecular flexibility index (Phi) is 3.07. The lowest BCUT2D eigenvalue weighted by Crippen LogP contribution is -1.82. The Morgan fingerprint density at radius 3 is 2.25 bits per heavy atom. The quantitative estimate of drug-likeness (QED) is 0.622. The predicted molar refractivity (Wildman–Crippen MR) is 67.6 cm³/mol. The fraction of sp³-hybridized carbons (Fsp3) is 0. The predicted octanol–water partition coefficient (Wildman–Crippen LogP) is 3.34. The van der Waals surface area contributed by atoms with Crippen LogP contribution in [0.1, 0.15) is 5.56 Å². The van der Waals surface area contributed by atoms with Crippen LogP contribution < -0.4 is 0 Å². The molecular weight excluding hydrogens is 192 g/mol. The molecule has 2 rings (SSSR count). The van der Waals surface area contributed by atoms with Gasteiger partial charge in [0.2, 0.25) is 0 Å². The minimum Gasteiger partial charge on any atom is -0.106 e. The second-order valence-electron chi connectivity index (χ2n) is 3.31. The lowest BCUT2D eigenvalue weighted by Gasteiger charge is -2.03. The third-order valence-corrected chi connectivity index (χ3v) is 2.28. The Bertz CT molecular complexity index is 575. The van der Waals surface area contributed by atoms with Crippen molar-refractivity contribution >= 4 is 0 Å². The summed E-state index contributed by atoms with van der Waals surface area (Å²) in [5.74, 6) is 7.96. The Hall–Kier alpha value is -2.44. The van der Waals surface area contributed by atoms with E-state index in [1.54, 1.807) is 0 Å². The van der Waals surface area contributed by atoms with Gasteiger partial charge in [0, 0.05) is 5.56 Å². The molecule has 0 unspecified atom stereocenters. The molecule has 74 valence electrons. The van der Waals surface area contributed by atoms with E-state index < -0.39 is 0 Å². The zero-order valence-electron chi connectivity index (χ0n) is 8.77. The molecule has 0 aliphatic rings. The lowest BCUT2D eigenvalue weighted by atomic mass is 10.0. The first-order chi connectivity index (χ1) is 7.92. The number of hydrogen-bond donors (Lipinski definition) is 0. The summed E-state index contributed by atoms with van der Waals surface area (Å²) >= 11 is 0. The molecule has 0 spiro atoms. The van der Waals surface area contributed by atoms with Crippen LogP contribution in [0.5, 0.6) is 0 Å². The Labute approximate surface area is 95.9 Å². The molecule has 0 N–H and O–H groups in total. The van der Waals surface area contributed by atoms with Crippen molar-refractivity contribution in [3.05, 3.63) is 60.2 Å². The molecule has 0 atom stereocenters. The minimum atomic E-state index is 0.964. The van der Waals surface area contributed by atoms with Gasteiger partial charge in [-0.3, -0.25) is 0 Å². The summed E-state index contributed by atoms with van der Waals surface area (Å²) in [6, 6.07) is 18.2. The van der Waals surface area contributed by atoms with Crippen LogP contribution in [0.4, 0.5) is 0 Å². The molecule has 2 aromatic rings. The van der Waals surface area contributed by atoms with Crippen LogP contribution in [-0.4, -0.2) is 0 Å². The van der Waals surface area contributed by atoms with Gasteiger partial charge in [-0.15, -0.1) is 6.42 Å². The third-order valence-electron chi connectivity index (χ3n) is 2.28. The number of terminal acetylenes is 1. The van der Waals surface area contributed by atoms with E-state index in [1.165, 1.54) is 0 Å². The van der Waals surface area contributed by atoms with Crippen LogP contribution >= 0.6 is 0 Å². The van der Waals surface area contributed by atoms with Gasteiger partial charge in [0.1, 0.15) is 0 Å². The van der Waals surface area contributed by atoms with Gasteiger partial charge in [0.05, 0.1) is 0 Å². The molecule has 0 bridgehead atoms. The van der Waals surface area contributed by atoms with Gasteiger partial charge in [-0.25, -0.2) is 0 Å². The maximum absolute atomic E-state index is 5.14. The Morgan fingerprint density at radius 2 is 1.50 bits per heavy atom. The summed E-state index contributed by atoms with van der Waals surface area (Å²) < 4.78 is 0. The van der Waals surface area contributed by atoms with E-state index in [0.717, 1.165) is 16.7 Å². The molecular formula is C16H10. The smallest absolute Gasteiger partial charge is 0.0334 e. The van der Waals surface area contributed by atoms with Crippen molar-refractivity contribution in [1.29, 1.82) is 0 Å². The van der Waals surface area contributed by atoms with E-state index in [9.17, 15) is 0 Å². The highest BCUT2D eigenvalue weighted by Crippen LogP contribution is 2.22. The standard InChI is InChI=1S/C16H10/c1-2-3-9-14-12-7-8-13-16(14)15-10-5-4-6-11-15/h1,4-8,10-13H. The van der Waals surface area contributed by atoms with Gasteiger partial charge in [0.15, 0.2) is 0 Å². The van der Waals surface area contributed by atoms with Crippen molar-refractivity contribution in [3.8, 4) is 35.3 Å². The summed E-state index contributed by atoms with van der Waals surface area (Å²) in [6.45, 7) is 0. The van der Waals surface area contributed by atoms with Crippen molar-refractivity contribution < 1.29 is 0 Å². The molecule has 16 heavy (non-hydrogen) atoms. The molecule has 0 amide bonds. The van der Waals surface area contributed by atoms with Crippen molar-refractivity contribution in [2.24, 2.45) is 0 Å². The molecule has 0 heterocycles. The van der Waals surface area contributed by atoms with E-state index in [0.29, 0.717) is 0 Å². The SMILES string of the molecule is C#CC#Cc1ccccc1-c1ccccc1. The highest BCUT2D eigenvalue weighted by atomic mass is 14.0. The van der Waals surface area contributed by atoms with Gasteiger partial charge in [-0.2, -0.15) is 0 Å². The third kappa shape index (κ3) is 2.14. The molecule has 0 saturated carbocycles. The largest absolute Gasteiger partial charge is 0.106 e. The number of benzene rings is 2. The van der Waals surface area contributed by atoms with E-state index in [1.807, 2.05) is 36.4 Å². The molecule has 0 saturated heterocycles. The first kappa shape index (κ1) is 10.1. The monoisotopic (exact) mass is 202 g/mol. The highest BCUT2D eigenvalue weighted by molar-refractivity contribution is 5.71. The van der Waals surface area contributed by atoms with Crippen LogP contribution in [0.3, 0.4) is 0 Å². The average Bonchev–Trinajstić information content (AvgIpc) is 2.38. The van der Waals surface area contributed by atoms with E-state index in [4.69, 9.17) is 6.42 Å². The van der Waals surface area contributed by atoms with E-state index >= 15 is 0 Å². The Morgan fingerprint density at radius 1 is 0.812 bits per heavy atom. The van der Waals surface area contributed by atoms with E-state index in [-0.39, 0.29) is 0 Å². The fourth-order valence-electron chi connectivity index (χ4n) is 1.56. The maximum Gasteiger partial charge on any atom is 0.0334 e. The molecule has 2 aromatic carbocycles. The normalized spacial score (nSPS) is 8.69. The minimum absolute atomic E-state index is 0.964. The summed E-state index contributed by atoms with van der Waals surface area (Å²) in [6.07, 6.45) is 5.14. The van der Waals surface area contributed by atoms with Crippen molar-refractivity contribution in [1.82, 2.24) is 0 Å². The van der Waals surface area contributed by atoms with Crippen LogP contribution in [0.2, 0.25) is 0 Å². The highest BCUT2D eigenvalue weighted by Gasteiger charge is 2.00. The summed E-state index contributed by atoms with van der Waals surface area (Å²) in [5, 5.41) is 0. The summed E-state index contributed by atoms with van der Waals surface area (Å²) in [5.41, 5.74) is 3.24. The van der Waals surface area contributed by atoms with Crippen LogP contribution in [0.25, 0.3) is 11.1 Å². The zero-order valence-corrected chi connectivity index (χ0v) is 8.77. The van der Waals surface area contributed by atoms with Crippen molar-refractivity contribution in [2.75, 3.05) is 0 Å². The Balaban J connectivity index is 2.54. The zero-order chi connectivity index (χ0) is 11.2. The molecule has 0 radical (unpaired) electrons.